The second-order valence-corrected chi connectivity index (χ2v) is 6.02. The summed E-state index contributed by atoms with van der Waals surface area (Å²) >= 11 is 0. The van der Waals surface area contributed by atoms with Crippen molar-refractivity contribution in [1.82, 2.24) is 19.7 Å². The van der Waals surface area contributed by atoms with E-state index in [1.165, 1.54) is 18.4 Å². The van der Waals surface area contributed by atoms with Crippen LogP contribution in [0, 0.1) is 0 Å². The molecule has 0 amide bonds. The van der Waals surface area contributed by atoms with Gasteiger partial charge in [-0.3, -0.25) is 4.90 Å². The first-order valence-corrected chi connectivity index (χ1v) is 8.09. The fraction of sp³-hybridized carbons (Fsp3) is 0.529. The zero-order chi connectivity index (χ0) is 15.4. The van der Waals surface area contributed by atoms with Crippen molar-refractivity contribution in [3.63, 3.8) is 0 Å². The third kappa shape index (κ3) is 3.36. The van der Waals surface area contributed by atoms with Crippen LogP contribution in [0.4, 0.5) is 0 Å². The van der Waals surface area contributed by atoms with Crippen LogP contribution >= 0.6 is 0 Å². The van der Waals surface area contributed by atoms with Gasteiger partial charge in [0, 0.05) is 25.6 Å². The molecule has 1 aromatic carbocycles. The van der Waals surface area contributed by atoms with E-state index in [4.69, 9.17) is 5.11 Å². The van der Waals surface area contributed by atoms with Crippen LogP contribution in [0.3, 0.4) is 0 Å². The van der Waals surface area contributed by atoms with Gasteiger partial charge in [-0.25, -0.2) is 0 Å². The van der Waals surface area contributed by atoms with Gasteiger partial charge in [0.25, 0.3) is 0 Å². The van der Waals surface area contributed by atoms with Crippen LogP contribution in [0.25, 0.3) is 0 Å². The summed E-state index contributed by atoms with van der Waals surface area (Å²) in [6.07, 6.45) is 4.23. The van der Waals surface area contributed by atoms with Gasteiger partial charge in [0.15, 0.2) is 0 Å². The molecule has 1 aromatic heterocycles. The second-order valence-electron chi connectivity index (χ2n) is 6.02. The molecular weight excluding hydrogens is 276 g/mol. The summed E-state index contributed by atoms with van der Waals surface area (Å²) in [5.41, 5.74) is 2.27. The molecule has 2 aromatic rings. The molecule has 1 unspecified atom stereocenters. The predicted molar refractivity (Wildman–Crippen MR) is 85.3 cm³/mol. The van der Waals surface area contributed by atoms with Crippen molar-refractivity contribution in [1.29, 1.82) is 0 Å². The number of aryl methyl sites for hydroxylation is 1. The minimum atomic E-state index is 0.110. The summed E-state index contributed by atoms with van der Waals surface area (Å²) in [5.74, 6) is 1.61. The largest absolute Gasteiger partial charge is 0.392 e. The minimum absolute atomic E-state index is 0.110. The molecular formula is C17H24N4O. The normalized spacial score (nSPS) is 19.5. The van der Waals surface area contributed by atoms with Crippen LogP contribution in [0.1, 0.15) is 42.6 Å². The third-order valence-electron chi connectivity index (χ3n) is 4.47. The summed E-state index contributed by atoms with van der Waals surface area (Å²) < 4.78 is 2.16. The molecule has 1 aliphatic rings. The number of hydrogen-bond donors (Lipinski definition) is 1. The van der Waals surface area contributed by atoms with Crippen molar-refractivity contribution >= 4 is 0 Å². The first kappa shape index (κ1) is 15.2. The molecule has 1 saturated heterocycles. The van der Waals surface area contributed by atoms with E-state index in [-0.39, 0.29) is 6.61 Å². The number of nitrogens with zero attached hydrogens (tertiary/aromatic N) is 4. The van der Waals surface area contributed by atoms with Gasteiger partial charge in [-0.15, -0.1) is 10.2 Å². The second kappa shape index (κ2) is 7.03. The monoisotopic (exact) mass is 300 g/mol. The Balaban J connectivity index is 1.65. The average molecular weight is 300 g/mol. The summed E-state index contributed by atoms with van der Waals surface area (Å²) in [6.45, 7) is 6.32. The van der Waals surface area contributed by atoms with E-state index in [1.54, 1.807) is 0 Å². The molecule has 1 aliphatic heterocycles. The standard InChI is InChI=1S/C17H24N4O/c1-2-21-13-18-19-17(21)16-4-3-9-20(11-16)10-14-5-7-15(12-22)8-6-14/h5-8,13,16,22H,2-4,9-12H2,1H3. The lowest BCUT2D eigenvalue weighted by molar-refractivity contribution is 0.194. The molecule has 0 saturated carbocycles. The topological polar surface area (TPSA) is 54.2 Å². The van der Waals surface area contributed by atoms with Gasteiger partial charge in [0.1, 0.15) is 12.2 Å². The molecule has 118 valence electrons. The Hall–Kier alpha value is -1.72. The highest BCUT2D eigenvalue weighted by Gasteiger charge is 2.24. The maximum atomic E-state index is 9.11. The Labute approximate surface area is 131 Å². The van der Waals surface area contributed by atoms with Crippen LogP contribution < -0.4 is 0 Å². The fourth-order valence-electron chi connectivity index (χ4n) is 3.24. The lowest BCUT2D eigenvalue weighted by Crippen LogP contribution is -2.34. The number of piperidine rings is 1. The van der Waals surface area contributed by atoms with Gasteiger partial charge in [-0.05, 0) is 37.4 Å². The SMILES string of the molecule is CCn1cnnc1C1CCCN(Cc2ccc(CO)cc2)C1. The number of hydrogen-bond acceptors (Lipinski definition) is 4. The fourth-order valence-corrected chi connectivity index (χ4v) is 3.24. The lowest BCUT2D eigenvalue weighted by Gasteiger charge is -2.32. The lowest BCUT2D eigenvalue weighted by atomic mass is 9.96. The van der Waals surface area contributed by atoms with Crippen molar-refractivity contribution < 1.29 is 5.11 Å². The Morgan fingerprint density at radius 2 is 2.00 bits per heavy atom. The van der Waals surface area contributed by atoms with Crippen molar-refractivity contribution in [3.8, 4) is 0 Å². The molecule has 0 bridgehead atoms. The van der Waals surface area contributed by atoms with Gasteiger partial charge >= 0.3 is 0 Å². The first-order valence-electron chi connectivity index (χ1n) is 8.09. The highest BCUT2D eigenvalue weighted by atomic mass is 16.3. The average Bonchev–Trinajstić information content (AvgIpc) is 3.04. The van der Waals surface area contributed by atoms with E-state index >= 15 is 0 Å². The van der Waals surface area contributed by atoms with Crippen molar-refractivity contribution in [2.45, 2.75) is 45.4 Å². The molecule has 5 heteroatoms. The minimum Gasteiger partial charge on any atom is -0.392 e. The van der Waals surface area contributed by atoms with E-state index in [0.717, 1.165) is 37.6 Å². The number of aromatic nitrogens is 3. The zero-order valence-electron chi connectivity index (χ0n) is 13.1. The molecule has 0 radical (unpaired) electrons. The van der Waals surface area contributed by atoms with Gasteiger partial charge in [0.2, 0.25) is 0 Å². The summed E-state index contributed by atoms with van der Waals surface area (Å²) in [4.78, 5) is 2.50. The highest BCUT2D eigenvalue weighted by molar-refractivity contribution is 5.22. The predicted octanol–water partition coefficient (Wildman–Crippen LogP) is 2.17. The maximum absolute atomic E-state index is 9.11. The number of aliphatic hydroxyl groups is 1. The van der Waals surface area contributed by atoms with Gasteiger partial charge in [0.05, 0.1) is 6.61 Å². The van der Waals surface area contributed by atoms with Crippen LogP contribution in [0.15, 0.2) is 30.6 Å². The van der Waals surface area contributed by atoms with Crippen LogP contribution in [-0.2, 0) is 19.7 Å². The molecule has 22 heavy (non-hydrogen) atoms. The van der Waals surface area contributed by atoms with Gasteiger partial charge in [-0.2, -0.15) is 0 Å². The highest BCUT2D eigenvalue weighted by Crippen LogP contribution is 2.26. The Morgan fingerprint density at radius 1 is 1.23 bits per heavy atom. The van der Waals surface area contributed by atoms with Crippen molar-refractivity contribution in [3.05, 3.63) is 47.5 Å². The first-order chi connectivity index (χ1) is 10.8. The van der Waals surface area contributed by atoms with Crippen LogP contribution in [0.5, 0.6) is 0 Å². The maximum Gasteiger partial charge on any atom is 0.137 e. The van der Waals surface area contributed by atoms with Crippen molar-refractivity contribution in [2.24, 2.45) is 0 Å². The molecule has 5 nitrogen and oxygen atoms in total. The van der Waals surface area contributed by atoms with Crippen LogP contribution in [-0.4, -0.2) is 37.9 Å². The third-order valence-corrected chi connectivity index (χ3v) is 4.47. The Bertz CT molecular complexity index is 593. The molecule has 2 heterocycles. The van der Waals surface area contributed by atoms with E-state index in [9.17, 15) is 0 Å². The number of rotatable bonds is 5. The molecule has 3 rings (SSSR count). The number of benzene rings is 1. The van der Waals surface area contributed by atoms with Gasteiger partial charge in [-0.1, -0.05) is 24.3 Å². The van der Waals surface area contributed by atoms with Crippen LogP contribution in [0.2, 0.25) is 0 Å². The van der Waals surface area contributed by atoms with E-state index in [2.05, 4.69) is 38.7 Å². The van der Waals surface area contributed by atoms with E-state index in [1.807, 2.05) is 18.5 Å². The van der Waals surface area contributed by atoms with Crippen molar-refractivity contribution in [2.75, 3.05) is 13.1 Å². The molecule has 0 spiro atoms. The number of aliphatic hydroxyl groups excluding tert-OH is 1. The molecule has 1 fully saturated rings. The van der Waals surface area contributed by atoms with E-state index < -0.39 is 0 Å². The molecule has 1 atom stereocenters. The number of likely N-dealkylation sites (tertiary alicyclic amines) is 1. The Morgan fingerprint density at radius 3 is 2.73 bits per heavy atom. The smallest absolute Gasteiger partial charge is 0.137 e. The summed E-state index contributed by atoms with van der Waals surface area (Å²) in [6, 6.07) is 8.24. The Kier molecular flexibility index (Phi) is 4.85. The summed E-state index contributed by atoms with van der Waals surface area (Å²) in [5, 5.41) is 17.5. The quantitative estimate of drug-likeness (QED) is 0.919. The summed E-state index contributed by atoms with van der Waals surface area (Å²) in [7, 11) is 0. The molecule has 0 aliphatic carbocycles. The zero-order valence-corrected chi connectivity index (χ0v) is 13.1. The molecule has 1 N–H and O–H groups in total. The van der Waals surface area contributed by atoms with E-state index in [0.29, 0.717) is 5.92 Å². The van der Waals surface area contributed by atoms with Gasteiger partial charge < -0.3 is 9.67 Å².